The molecule has 2 fully saturated rings. The van der Waals surface area contributed by atoms with Gasteiger partial charge in [0.15, 0.2) is 5.76 Å². The number of anilines is 2. The molecule has 0 radical (unpaired) electrons. The number of rotatable bonds is 5. The predicted octanol–water partition coefficient (Wildman–Crippen LogP) is 1.52. The van der Waals surface area contributed by atoms with Crippen molar-refractivity contribution < 1.29 is 9.21 Å². The van der Waals surface area contributed by atoms with E-state index in [1.54, 1.807) is 23.1 Å². The Morgan fingerprint density at radius 1 is 1.00 bits per heavy atom. The quantitative estimate of drug-likeness (QED) is 0.594. The highest BCUT2D eigenvalue weighted by atomic mass is 16.3. The average molecular weight is 474 g/mol. The van der Waals surface area contributed by atoms with Gasteiger partial charge in [-0.05, 0) is 24.3 Å². The van der Waals surface area contributed by atoms with Gasteiger partial charge in [-0.3, -0.25) is 19.5 Å². The summed E-state index contributed by atoms with van der Waals surface area (Å²) in [6, 6.07) is 14.9. The molecule has 0 bridgehead atoms. The van der Waals surface area contributed by atoms with Gasteiger partial charge in [0.05, 0.1) is 23.2 Å². The zero-order valence-electron chi connectivity index (χ0n) is 19.4. The van der Waals surface area contributed by atoms with Crippen LogP contribution < -0.4 is 15.4 Å². The molecular formula is C25H27N7O3. The predicted molar refractivity (Wildman–Crippen MR) is 130 cm³/mol. The van der Waals surface area contributed by atoms with Crippen molar-refractivity contribution in [2.75, 3.05) is 62.2 Å². The van der Waals surface area contributed by atoms with E-state index in [1.165, 1.54) is 6.26 Å². The van der Waals surface area contributed by atoms with E-state index in [1.807, 2.05) is 29.2 Å². The second kappa shape index (κ2) is 10.0. The molecule has 10 heteroatoms. The van der Waals surface area contributed by atoms with Crippen molar-refractivity contribution in [2.24, 2.45) is 0 Å². The van der Waals surface area contributed by atoms with Crippen LogP contribution in [0, 0.1) is 11.3 Å². The number of carbonyl (C=O) groups excluding carboxylic acids is 1. The first-order valence-electron chi connectivity index (χ1n) is 11.7. The van der Waals surface area contributed by atoms with Crippen LogP contribution in [0.1, 0.15) is 21.8 Å². The van der Waals surface area contributed by atoms with Crippen LogP contribution in [0.5, 0.6) is 0 Å². The molecule has 10 nitrogen and oxygen atoms in total. The van der Waals surface area contributed by atoms with Crippen LogP contribution in [0.2, 0.25) is 0 Å². The minimum atomic E-state index is -0.180. The van der Waals surface area contributed by atoms with E-state index in [-0.39, 0.29) is 11.5 Å². The molecule has 1 N–H and O–H groups in total. The van der Waals surface area contributed by atoms with Gasteiger partial charge in [-0.2, -0.15) is 5.26 Å². The lowest BCUT2D eigenvalue weighted by Crippen LogP contribution is -2.49. The van der Waals surface area contributed by atoms with E-state index in [9.17, 15) is 14.9 Å². The fraction of sp³-hybridized carbons (Fsp3) is 0.360. The second-order valence-electron chi connectivity index (χ2n) is 8.71. The summed E-state index contributed by atoms with van der Waals surface area (Å²) in [5.74, 6) is 0.753. The van der Waals surface area contributed by atoms with Gasteiger partial charge in [-0.1, -0.05) is 12.1 Å². The molecule has 4 heterocycles. The molecule has 0 aliphatic carbocycles. The van der Waals surface area contributed by atoms with Crippen LogP contribution in [0.4, 0.5) is 11.6 Å². The number of aromatic nitrogens is 2. The van der Waals surface area contributed by atoms with Gasteiger partial charge in [-0.25, -0.2) is 4.98 Å². The monoisotopic (exact) mass is 473 g/mol. The molecule has 2 saturated heterocycles. The first-order valence-corrected chi connectivity index (χ1v) is 11.7. The van der Waals surface area contributed by atoms with Gasteiger partial charge in [0.25, 0.3) is 11.5 Å². The first kappa shape index (κ1) is 22.7. The fourth-order valence-corrected chi connectivity index (χ4v) is 4.62. The van der Waals surface area contributed by atoms with E-state index in [2.05, 4.69) is 20.9 Å². The maximum Gasteiger partial charge on any atom is 0.289 e. The number of furan rings is 1. The number of nitriles is 1. The van der Waals surface area contributed by atoms with E-state index in [0.29, 0.717) is 50.0 Å². The lowest BCUT2D eigenvalue weighted by atomic mass is 10.1. The smallest absolute Gasteiger partial charge is 0.289 e. The van der Waals surface area contributed by atoms with E-state index >= 15 is 0 Å². The number of hydrogen-bond donors (Lipinski definition) is 1. The summed E-state index contributed by atoms with van der Waals surface area (Å²) in [7, 11) is 0. The number of amides is 1. The number of nitrogens with one attached hydrogen (secondary N) is 1. The molecule has 0 saturated carbocycles. The van der Waals surface area contributed by atoms with Crippen molar-refractivity contribution in [1.82, 2.24) is 19.8 Å². The minimum absolute atomic E-state index is 0.124. The molecule has 2 aliphatic heterocycles. The largest absolute Gasteiger partial charge is 0.459 e. The summed E-state index contributed by atoms with van der Waals surface area (Å²) in [4.78, 5) is 40.7. The average Bonchev–Trinajstić information content (AvgIpc) is 3.44. The maximum atomic E-state index is 12.5. The van der Waals surface area contributed by atoms with E-state index in [4.69, 9.17) is 9.40 Å². The lowest BCUT2D eigenvalue weighted by Gasteiger charge is -2.36. The Morgan fingerprint density at radius 3 is 2.46 bits per heavy atom. The third-order valence-corrected chi connectivity index (χ3v) is 6.50. The zero-order valence-corrected chi connectivity index (χ0v) is 19.4. The van der Waals surface area contributed by atoms with Gasteiger partial charge in [-0.15, -0.1) is 0 Å². The number of para-hydroxylation sites is 1. The summed E-state index contributed by atoms with van der Waals surface area (Å²) < 4.78 is 5.22. The zero-order chi connectivity index (χ0) is 24.2. The molecule has 5 rings (SSSR count). The maximum absolute atomic E-state index is 12.5. The highest BCUT2D eigenvalue weighted by Crippen LogP contribution is 2.21. The van der Waals surface area contributed by atoms with Crippen LogP contribution in [0.3, 0.4) is 0 Å². The van der Waals surface area contributed by atoms with E-state index in [0.717, 1.165) is 37.6 Å². The normalized spacial score (nSPS) is 16.8. The van der Waals surface area contributed by atoms with Crippen LogP contribution >= 0.6 is 0 Å². The number of benzene rings is 1. The van der Waals surface area contributed by atoms with Crippen molar-refractivity contribution in [3.8, 4) is 6.07 Å². The number of nitrogens with zero attached hydrogens (tertiary/aromatic N) is 6. The second-order valence-corrected chi connectivity index (χ2v) is 8.71. The molecule has 2 aromatic heterocycles. The van der Waals surface area contributed by atoms with Crippen LogP contribution in [0.15, 0.2) is 57.9 Å². The Hall–Kier alpha value is -4.10. The Balaban J connectivity index is 1.19. The number of carbonyl (C=O) groups is 1. The molecule has 0 unspecified atom stereocenters. The molecule has 1 amide bonds. The molecule has 35 heavy (non-hydrogen) atoms. The van der Waals surface area contributed by atoms with Crippen LogP contribution in [-0.4, -0.2) is 78.0 Å². The minimum Gasteiger partial charge on any atom is -0.459 e. The van der Waals surface area contributed by atoms with Gasteiger partial charge < -0.3 is 19.1 Å². The summed E-state index contributed by atoms with van der Waals surface area (Å²) in [6.45, 7) is 6.04. The fourth-order valence-electron chi connectivity index (χ4n) is 4.62. The van der Waals surface area contributed by atoms with Crippen molar-refractivity contribution in [3.05, 3.63) is 76.1 Å². The molecule has 3 aromatic rings. The summed E-state index contributed by atoms with van der Waals surface area (Å²) >= 11 is 0. The first-order chi connectivity index (χ1) is 17.1. The van der Waals surface area contributed by atoms with Crippen molar-refractivity contribution in [2.45, 2.75) is 6.54 Å². The Morgan fingerprint density at radius 2 is 1.74 bits per heavy atom. The Bertz CT molecular complexity index is 1260. The van der Waals surface area contributed by atoms with Crippen LogP contribution in [0.25, 0.3) is 0 Å². The summed E-state index contributed by atoms with van der Waals surface area (Å²) in [6.07, 6.45) is 1.49. The number of hydrogen-bond acceptors (Lipinski definition) is 8. The van der Waals surface area contributed by atoms with Gasteiger partial charge in [0, 0.05) is 65.0 Å². The number of piperazine rings is 2. The van der Waals surface area contributed by atoms with Crippen LogP contribution in [-0.2, 0) is 6.54 Å². The molecule has 180 valence electrons. The molecular weight excluding hydrogens is 446 g/mol. The summed E-state index contributed by atoms with van der Waals surface area (Å²) in [5.41, 5.74) is 2.20. The molecule has 0 spiro atoms. The van der Waals surface area contributed by atoms with Gasteiger partial charge >= 0.3 is 0 Å². The lowest BCUT2D eigenvalue weighted by molar-refractivity contribution is 0.0714. The molecule has 0 atom stereocenters. The number of H-pyrrole nitrogens is 1. The Kier molecular flexibility index (Phi) is 6.50. The third-order valence-electron chi connectivity index (χ3n) is 6.50. The third kappa shape index (κ3) is 5.05. The Labute approximate surface area is 203 Å². The van der Waals surface area contributed by atoms with Crippen molar-refractivity contribution in [1.29, 1.82) is 5.26 Å². The SMILES string of the molecule is N#Cc1ccccc1N1CCN(Cc2cc(=O)[nH]c(N3CCN(C(=O)c4ccco4)CC3)n2)CC1. The van der Waals surface area contributed by atoms with Crippen molar-refractivity contribution >= 4 is 17.5 Å². The molecule has 2 aliphatic rings. The standard InChI is InChI=1S/C25H27N7O3/c26-17-19-4-1-2-5-21(19)30-9-7-29(8-10-30)18-20-16-23(33)28-25(27-20)32-13-11-31(12-14-32)24(34)22-6-3-15-35-22/h1-6,15-16H,7-14,18H2,(H,27,28,33). The van der Waals surface area contributed by atoms with Gasteiger partial charge in [0.1, 0.15) is 6.07 Å². The van der Waals surface area contributed by atoms with Gasteiger partial charge in [0.2, 0.25) is 5.95 Å². The van der Waals surface area contributed by atoms with E-state index < -0.39 is 0 Å². The topological polar surface area (TPSA) is 113 Å². The molecule has 1 aromatic carbocycles. The van der Waals surface area contributed by atoms with Crippen molar-refractivity contribution in [3.63, 3.8) is 0 Å². The highest BCUT2D eigenvalue weighted by molar-refractivity contribution is 5.91. The number of aromatic amines is 1. The summed E-state index contributed by atoms with van der Waals surface area (Å²) in [5, 5.41) is 9.38. The highest BCUT2D eigenvalue weighted by Gasteiger charge is 2.25.